The zero-order valence-electron chi connectivity index (χ0n) is 11.4. The van der Waals surface area contributed by atoms with Gasteiger partial charge >= 0.3 is 5.97 Å². The molecule has 0 aliphatic rings. The first-order valence-electron chi connectivity index (χ1n) is 6.01. The number of amides is 1. The third kappa shape index (κ3) is 5.34. The predicted octanol–water partition coefficient (Wildman–Crippen LogP) is 2.49. The van der Waals surface area contributed by atoms with E-state index in [4.69, 9.17) is 5.11 Å². The van der Waals surface area contributed by atoms with E-state index in [1.807, 2.05) is 51.1 Å². The molecule has 0 saturated carbocycles. The lowest BCUT2D eigenvalue weighted by atomic mass is 10.1. The van der Waals surface area contributed by atoms with Crippen LogP contribution in [0.2, 0.25) is 0 Å². The van der Waals surface area contributed by atoms with Gasteiger partial charge in [0.15, 0.2) is 0 Å². The van der Waals surface area contributed by atoms with E-state index < -0.39 is 11.5 Å². The second-order valence-corrected chi connectivity index (χ2v) is 6.19. The molecule has 0 spiro atoms. The summed E-state index contributed by atoms with van der Waals surface area (Å²) in [4.78, 5) is 25.4. The van der Waals surface area contributed by atoms with Crippen molar-refractivity contribution < 1.29 is 14.7 Å². The Morgan fingerprint density at radius 2 is 1.79 bits per heavy atom. The average Bonchev–Trinajstić information content (AvgIpc) is 2.33. The third-order valence-electron chi connectivity index (χ3n) is 2.51. The van der Waals surface area contributed by atoms with Crippen LogP contribution in [-0.4, -0.2) is 39.7 Å². The summed E-state index contributed by atoms with van der Waals surface area (Å²) < 4.78 is 0. The molecule has 1 N–H and O–H groups in total. The van der Waals surface area contributed by atoms with Crippen LogP contribution in [0.3, 0.4) is 0 Å². The normalized spacial score (nSPS) is 11.1. The van der Waals surface area contributed by atoms with E-state index in [0.29, 0.717) is 0 Å². The minimum Gasteiger partial charge on any atom is -0.480 e. The van der Waals surface area contributed by atoms with Crippen molar-refractivity contribution >= 4 is 23.6 Å². The summed E-state index contributed by atoms with van der Waals surface area (Å²) in [6.45, 7) is 5.24. The minimum absolute atomic E-state index is 0.163. The first-order chi connectivity index (χ1) is 8.80. The molecular formula is C14H19NO3S. The molecule has 0 aliphatic heterocycles. The molecule has 0 fully saturated rings. The Morgan fingerprint density at radius 1 is 1.21 bits per heavy atom. The number of nitrogens with zero attached hydrogens (tertiary/aromatic N) is 1. The fraction of sp³-hybridized carbons (Fsp3) is 0.429. The van der Waals surface area contributed by atoms with E-state index in [1.165, 1.54) is 16.7 Å². The number of rotatable bonds is 5. The van der Waals surface area contributed by atoms with Crippen LogP contribution in [0.25, 0.3) is 0 Å². The van der Waals surface area contributed by atoms with E-state index in [1.54, 1.807) is 0 Å². The van der Waals surface area contributed by atoms with E-state index in [2.05, 4.69) is 0 Å². The first kappa shape index (κ1) is 15.6. The van der Waals surface area contributed by atoms with Gasteiger partial charge in [-0.3, -0.25) is 9.59 Å². The largest absolute Gasteiger partial charge is 0.480 e. The average molecular weight is 281 g/mol. The number of benzene rings is 1. The molecule has 0 aliphatic carbocycles. The van der Waals surface area contributed by atoms with Crippen LogP contribution >= 0.6 is 11.8 Å². The fourth-order valence-corrected chi connectivity index (χ4v) is 2.37. The van der Waals surface area contributed by atoms with Crippen LogP contribution in [0, 0.1) is 0 Å². The van der Waals surface area contributed by atoms with Gasteiger partial charge < -0.3 is 10.0 Å². The lowest BCUT2D eigenvalue weighted by molar-refractivity contribution is -0.146. The van der Waals surface area contributed by atoms with E-state index in [0.717, 1.165) is 4.90 Å². The monoisotopic (exact) mass is 281 g/mol. The molecule has 19 heavy (non-hydrogen) atoms. The Balaban J connectivity index is 2.65. The van der Waals surface area contributed by atoms with Crippen molar-refractivity contribution in [2.45, 2.75) is 31.2 Å². The van der Waals surface area contributed by atoms with E-state index in [-0.39, 0.29) is 18.2 Å². The molecule has 4 nitrogen and oxygen atoms in total. The lowest BCUT2D eigenvalue weighted by Crippen LogP contribution is -2.49. The number of aliphatic carboxylic acids is 1. The van der Waals surface area contributed by atoms with Gasteiger partial charge in [0.25, 0.3) is 0 Å². The SMILES string of the molecule is CC(C)(C)N(CC(=O)O)C(=O)CSc1ccccc1. The second kappa shape index (κ2) is 6.61. The molecule has 104 valence electrons. The van der Waals surface area contributed by atoms with Crippen LogP contribution in [0.15, 0.2) is 35.2 Å². The molecule has 1 amide bonds. The van der Waals surface area contributed by atoms with Crippen molar-refractivity contribution in [1.82, 2.24) is 4.90 Å². The molecule has 0 heterocycles. The summed E-state index contributed by atoms with van der Waals surface area (Å²) in [5, 5.41) is 8.88. The zero-order valence-corrected chi connectivity index (χ0v) is 12.2. The summed E-state index contributed by atoms with van der Waals surface area (Å²) in [6.07, 6.45) is 0. The molecule has 5 heteroatoms. The summed E-state index contributed by atoms with van der Waals surface area (Å²) in [7, 11) is 0. The molecule has 0 saturated heterocycles. The maximum atomic E-state index is 12.1. The second-order valence-electron chi connectivity index (χ2n) is 5.15. The Bertz CT molecular complexity index is 440. The number of hydrogen-bond acceptors (Lipinski definition) is 3. The fourth-order valence-electron chi connectivity index (χ4n) is 1.57. The Labute approximate surface area is 117 Å². The number of hydrogen-bond donors (Lipinski definition) is 1. The number of carbonyl (C=O) groups excluding carboxylic acids is 1. The highest BCUT2D eigenvalue weighted by Crippen LogP contribution is 2.20. The molecule has 0 aromatic heterocycles. The quantitative estimate of drug-likeness (QED) is 0.842. The molecule has 1 aromatic carbocycles. The topological polar surface area (TPSA) is 57.6 Å². The summed E-state index contributed by atoms with van der Waals surface area (Å²) in [5.74, 6) is -0.911. The molecular weight excluding hydrogens is 262 g/mol. The van der Waals surface area contributed by atoms with Gasteiger partial charge in [-0.15, -0.1) is 11.8 Å². The van der Waals surface area contributed by atoms with Gasteiger partial charge in [-0.1, -0.05) is 18.2 Å². The lowest BCUT2D eigenvalue weighted by Gasteiger charge is -2.34. The smallest absolute Gasteiger partial charge is 0.323 e. The third-order valence-corrected chi connectivity index (χ3v) is 3.51. The van der Waals surface area contributed by atoms with Crippen LogP contribution in [0.5, 0.6) is 0 Å². The number of thioether (sulfide) groups is 1. The maximum Gasteiger partial charge on any atom is 0.323 e. The number of carboxylic acids is 1. The van der Waals surface area contributed by atoms with Gasteiger partial charge in [0, 0.05) is 10.4 Å². The summed E-state index contributed by atoms with van der Waals surface area (Å²) >= 11 is 1.42. The Kier molecular flexibility index (Phi) is 5.42. The Morgan fingerprint density at radius 3 is 2.26 bits per heavy atom. The molecule has 1 aromatic rings. The van der Waals surface area contributed by atoms with Crippen molar-refractivity contribution in [3.05, 3.63) is 30.3 Å². The summed E-state index contributed by atoms with van der Waals surface area (Å²) in [6, 6.07) is 9.59. The van der Waals surface area contributed by atoms with Gasteiger partial charge in [-0.05, 0) is 32.9 Å². The predicted molar refractivity (Wildman–Crippen MR) is 76.3 cm³/mol. The highest BCUT2D eigenvalue weighted by atomic mass is 32.2. The van der Waals surface area contributed by atoms with Crippen molar-refractivity contribution in [3.63, 3.8) is 0 Å². The van der Waals surface area contributed by atoms with Crippen molar-refractivity contribution in [1.29, 1.82) is 0 Å². The molecule has 1 rings (SSSR count). The van der Waals surface area contributed by atoms with E-state index >= 15 is 0 Å². The van der Waals surface area contributed by atoms with Crippen LogP contribution in [0.1, 0.15) is 20.8 Å². The van der Waals surface area contributed by atoms with Crippen LogP contribution in [-0.2, 0) is 9.59 Å². The zero-order chi connectivity index (χ0) is 14.5. The molecule has 0 unspecified atom stereocenters. The highest BCUT2D eigenvalue weighted by Gasteiger charge is 2.28. The van der Waals surface area contributed by atoms with Crippen molar-refractivity contribution in [2.24, 2.45) is 0 Å². The van der Waals surface area contributed by atoms with Gasteiger partial charge in [0.1, 0.15) is 6.54 Å². The highest BCUT2D eigenvalue weighted by molar-refractivity contribution is 8.00. The van der Waals surface area contributed by atoms with Crippen LogP contribution in [0.4, 0.5) is 0 Å². The van der Waals surface area contributed by atoms with Crippen molar-refractivity contribution in [3.8, 4) is 0 Å². The van der Waals surface area contributed by atoms with Crippen LogP contribution < -0.4 is 0 Å². The summed E-state index contributed by atoms with van der Waals surface area (Å²) in [5.41, 5.74) is -0.493. The Hall–Kier alpha value is -1.49. The molecule has 0 bridgehead atoms. The minimum atomic E-state index is -0.993. The van der Waals surface area contributed by atoms with Gasteiger partial charge in [-0.2, -0.15) is 0 Å². The number of carboxylic acid groups (broad SMARTS) is 1. The van der Waals surface area contributed by atoms with E-state index in [9.17, 15) is 9.59 Å². The number of carbonyl (C=O) groups is 2. The molecule has 0 atom stereocenters. The van der Waals surface area contributed by atoms with Gasteiger partial charge in [0.2, 0.25) is 5.91 Å². The molecule has 0 radical (unpaired) electrons. The standard InChI is InChI=1S/C14H19NO3S/c1-14(2,3)15(9-13(17)18)12(16)10-19-11-7-5-4-6-8-11/h4-8H,9-10H2,1-3H3,(H,17,18). The first-order valence-corrected chi connectivity index (χ1v) is 6.99. The van der Waals surface area contributed by atoms with Gasteiger partial charge in [0.05, 0.1) is 5.75 Å². The maximum absolute atomic E-state index is 12.1. The van der Waals surface area contributed by atoms with Crippen molar-refractivity contribution in [2.75, 3.05) is 12.3 Å². The van der Waals surface area contributed by atoms with Gasteiger partial charge in [-0.25, -0.2) is 0 Å².